The highest BCUT2D eigenvalue weighted by Crippen LogP contribution is 2.19. The molecular formula is C16H27NO3. The standard InChI is InChI=1S/C16H27NO3/c1-2-3-4-5-8-11-19-12-14(18)13-20-16-10-7-6-9-15(16)17/h6-7,9-10,14,18H,2-5,8,11-13,17H2,1H3. The molecule has 0 amide bonds. The Bertz CT molecular complexity index is 357. The molecule has 0 aliphatic heterocycles. The molecule has 20 heavy (non-hydrogen) atoms. The van der Waals surface area contributed by atoms with E-state index in [9.17, 15) is 5.11 Å². The number of benzene rings is 1. The second-order valence-electron chi connectivity index (χ2n) is 4.99. The second-order valence-corrected chi connectivity index (χ2v) is 4.99. The van der Waals surface area contributed by atoms with E-state index in [1.165, 1.54) is 25.7 Å². The van der Waals surface area contributed by atoms with Crippen molar-refractivity contribution in [2.45, 2.75) is 45.1 Å². The molecule has 114 valence electrons. The van der Waals surface area contributed by atoms with Gasteiger partial charge in [-0.25, -0.2) is 0 Å². The lowest BCUT2D eigenvalue weighted by molar-refractivity contribution is 0.0111. The Balaban J connectivity index is 2.03. The van der Waals surface area contributed by atoms with Crippen LogP contribution in [0.15, 0.2) is 24.3 Å². The third kappa shape index (κ3) is 7.36. The van der Waals surface area contributed by atoms with E-state index in [1.54, 1.807) is 12.1 Å². The lowest BCUT2D eigenvalue weighted by Crippen LogP contribution is -2.24. The molecule has 1 atom stereocenters. The maximum absolute atomic E-state index is 9.75. The van der Waals surface area contributed by atoms with Crippen LogP contribution >= 0.6 is 0 Å². The van der Waals surface area contributed by atoms with Gasteiger partial charge < -0.3 is 20.3 Å². The Kier molecular flexibility index (Phi) is 8.83. The second kappa shape index (κ2) is 10.5. The maximum atomic E-state index is 9.75. The molecule has 0 bridgehead atoms. The number of unbranched alkanes of at least 4 members (excludes halogenated alkanes) is 4. The summed E-state index contributed by atoms with van der Waals surface area (Å²) in [5, 5.41) is 9.75. The molecule has 0 aliphatic rings. The first-order chi connectivity index (χ1) is 9.74. The number of ether oxygens (including phenoxy) is 2. The zero-order chi connectivity index (χ0) is 14.6. The van der Waals surface area contributed by atoms with E-state index in [0.717, 1.165) is 6.42 Å². The summed E-state index contributed by atoms with van der Waals surface area (Å²) in [7, 11) is 0. The van der Waals surface area contributed by atoms with Crippen molar-refractivity contribution in [2.75, 3.05) is 25.6 Å². The van der Waals surface area contributed by atoms with Crippen molar-refractivity contribution in [3.05, 3.63) is 24.3 Å². The summed E-state index contributed by atoms with van der Waals surface area (Å²) in [5.41, 5.74) is 6.33. The third-order valence-electron chi connectivity index (χ3n) is 3.05. The van der Waals surface area contributed by atoms with Gasteiger partial charge in [-0.05, 0) is 18.6 Å². The Hall–Kier alpha value is -1.26. The number of rotatable bonds is 11. The topological polar surface area (TPSA) is 64.7 Å². The minimum Gasteiger partial charge on any atom is -0.489 e. The number of nitrogen functional groups attached to an aromatic ring is 1. The number of aliphatic hydroxyl groups excluding tert-OH is 1. The Morgan fingerprint density at radius 3 is 2.60 bits per heavy atom. The summed E-state index contributed by atoms with van der Waals surface area (Å²) < 4.78 is 10.9. The SMILES string of the molecule is CCCCCCCOCC(O)COc1ccccc1N. The molecule has 0 aliphatic carbocycles. The van der Waals surface area contributed by atoms with Crippen molar-refractivity contribution in [3.8, 4) is 5.75 Å². The fraction of sp³-hybridized carbons (Fsp3) is 0.625. The molecule has 0 radical (unpaired) electrons. The first-order valence-electron chi connectivity index (χ1n) is 7.47. The summed E-state index contributed by atoms with van der Waals surface area (Å²) in [6.45, 7) is 3.41. The highest BCUT2D eigenvalue weighted by Gasteiger charge is 2.06. The van der Waals surface area contributed by atoms with Crippen LogP contribution in [0, 0.1) is 0 Å². The van der Waals surface area contributed by atoms with Gasteiger partial charge in [-0.1, -0.05) is 44.7 Å². The number of para-hydroxylation sites is 2. The van der Waals surface area contributed by atoms with E-state index in [2.05, 4.69) is 6.92 Å². The maximum Gasteiger partial charge on any atom is 0.142 e. The van der Waals surface area contributed by atoms with Gasteiger partial charge >= 0.3 is 0 Å². The first kappa shape index (κ1) is 16.8. The molecule has 1 aromatic carbocycles. The van der Waals surface area contributed by atoms with Gasteiger partial charge in [0, 0.05) is 6.61 Å². The molecule has 1 unspecified atom stereocenters. The molecular weight excluding hydrogens is 254 g/mol. The molecule has 3 N–H and O–H groups in total. The molecule has 0 saturated heterocycles. The van der Waals surface area contributed by atoms with E-state index >= 15 is 0 Å². The third-order valence-corrected chi connectivity index (χ3v) is 3.05. The first-order valence-corrected chi connectivity index (χ1v) is 7.47. The predicted molar refractivity (Wildman–Crippen MR) is 81.9 cm³/mol. The van der Waals surface area contributed by atoms with E-state index in [-0.39, 0.29) is 6.61 Å². The van der Waals surface area contributed by atoms with Gasteiger partial charge in [0.25, 0.3) is 0 Å². The molecule has 4 heteroatoms. The number of hydrogen-bond donors (Lipinski definition) is 2. The summed E-state index contributed by atoms with van der Waals surface area (Å²) >= 11 is 0. The van der Waals surface area contributed by atoms with Gasteiger partial charge in [-0.2, -0.15) is 0 Å². The summed E-state index contributed by atoms with van der Waals surface area (Å²) in [6, 6.07) is 7.26. The molecule has 1 aromatic rings. The van der Waals surface area contributed by atoms with E-state index < -0.39 is 6.10 Å². The summed E-state index contributed by atoms with van der Waals surface area (Å²) in [6.07, 6.45) is 5.43. The quantitative estimate of drug-likeness (QED) is 0.483. The molecule has 0 aromatic heterocycles. The molecule has 0 heterocycles. The Morgan fingerprint density at radius 1 is 1.10 bits per heavy atom. The van der Waals surface area contributed by atoms with Crippen molar-refractivity contribution < 1.29 is 14.6 Å². The number of nitrogens with two attached hydrogens (primary N) is 1. The van der Waals surface area contributed by atoms with Crippen LogP contribution in [-0.4, -0.2) is 31.0 Å². The predicted octanol–water partition coefficient (Wildman–Crippen LogP) is 3.00. The van der Waals surface area contributed by atoms with E-state index in [4.69, 9.17) is 15.2 Å². The van der Waals surface area contributed by atoms with Gasteiger partial charge in [-0.15, -0.1) is 0 Å². The molecule has 0 fully saturated rings. The fourth-order valence-electron chi connectivity index (χ4n) is 1.87. The summed E-state index contributed by atoms with van der Waals surface area (Å²) in [4.78, 5) is 0. The average molecular weight is 281 g/mol. The fourth-order valence-corrected chi connectivity index (χ4v) is 1.87. The zero-order valence-corrected chi connectivity index (χ0v) is 12.4. The van der Waals surface area contributed by atoms with E-state index in [1.807, 2.05) is 12.1 Å². The number of hydrogen-bond acceptors (Lipinski definition) is 4. The Morgan fingerprint density at radius 2 is 1.85 bits per heavy atom. The van der Waals surface area contributed by atoms with Crippen LogP contribution < -0.4 is 10.5 Å². The van der Waals surface area contributed by atoms with Crippen LogP contribution in [0.1, 0.15) is 39.0 Å². The average Bonchev–Trinajstić information content (AvgIpc) is 2.45. The summed E-state index contributed by atoms with van der Waals surface area (Å²) in [5.74, 6) is 0.603. The lowest BCUT2D eigenvalue weighted by atomic mass is 10.2. The van der Waals surface area contributed by atoms with Crippen molar-refractivity contribution in [3.63, 3.8) is 0 Å². The van der Waals surface area contributed by atoms with Gasteiger partial charge in [-0.3, -0.25) is 0 Å². The van der Waals surface area contributed by atoms with Crippen LogP contribution in [0.25, 0.3) is 0 Å². The lowest BCUT2D eigenvalue weighted by Gasteiger charge is -2.13. The molecule has 0 saturated carbocycles. The molecule has 1 rings (SSSR count). The van der Waals surface area contributed by atoms with Crippen molar-refractivity contribution in [1.29, 1.82) is 0 Å². The van der Waals surface area contributed by atoms with Gasteiger partial charge in [0.1, 0.15) is 18.5 Å². The van der Waals surface area contributed by atoms with Crippen molar-refractivity contribution >= 4 is 5.69 Å². The number of anilines is 1. The van der Waals surface area contributed by atoms with Gasteiger partial charge in [0.2, 0.25) is 0 Å². The highest BCUT2D eigenvalue weighted by atomic mass is 16.5. The van der Waals surface area contributed by atoms with Crippen LogP contribution in [0.3, 0.4) is 0 Å². The molecule has 0 spiro atoms. The van der Waals surface area contributed by atoms with Gasteiger partial charge in [0.05, 0.1) is 12.3 Å². The van der Waals surface area contributed by atoms with Crippen molar-refractivity contribution in [2.24, 2.45) is 0 Å². The monoisotopic (exact) mass is 281 g/mol. The van der Waals surface area contributed by atoms with Crippen LogP contribution in [0.5, 0.6) is 5.75 Å². The van der Waals surface area contributed by atoms with Crippen LogP contribution in [0.4, 0.5) is 5.69 Å². The number of aliphatic hydroxyl groups is 1. The zero-order valence-electron chi connectivity index (χ0n) is 12.4. The molecule has 4 nitrogen and oxygen atoms in total. The minimum atomic E-state index is -0.620. The normalized spacial score (nSPS) is 12.3. The minimum absolute atomic E-state index is 0.198. The van der Waals surface area contributed by atoms with Crippen LogP contribution in [-0.2, 0) is 4.74 Å². The largest absolute Gasteiger partial charge is 0.489 e. The van der Waals surface area contributed by atoms with Crippen LogP contribution in [0.2, 0.25) is 0 Å². The van der Waals surface area contributed by atoms with Crippen molar-refractivity contribution in [1.82, 2.24) is 0 Å². The highest BCUT2D eigenvalue weighted by molar-refractivity contribution is 5.51. The Labute approximate surface area is 121 Å². The van der Waals surface area contributed by atoms with E-state index in [0.29, 0.717) is 24.7 Å². The van der Waals surface area contributed by atoms with Gasteiger partial charge in [0.15, 0.2) is 0 Å². The smallest absolute Gasteiger partial charge is 0.142 e.